The highest BCUT2D eigenvalue weighted by molar-refractivity contribution is 6.30. The number of halogens is 3. The molecule has 0 aliphatic heterocycles. The van der Waals surface area contributed by atoms with E-state index in [4.69, 9.17) is 16.7 Å². The fourth-order valence-corrected chi connectivity index (χ4v) is 1.23. The Morgan fingerprint density at radius 1 is 1.69 bits per heavy atom. The average Bonchev–Trinajstić information content (AvgIpc) is 2.22. The molecule has 0 aromatic carbocycles. The van der Waals surface area contributed by atoms with Crippen LogP contribution in [-0.4, -0.2) is 23.2 Å². The number of aromatic nitrogens is 1. The molecule has 0 bridgehead atoms. The van der Waals surface area contributed by atoms with E-state index >= 15 is 0 Å². The van der Waals surface area contributed by atoms with Crippen LogP contribution in [0.25, 0.3) is 0 Å². The quantitative estimate of drug-likeness (QED) is 0.660. The van der Waals surface area contributed by atoms with E-state index in [-0.39, 0.29) is 10.8 Å². The first-order valence-corrected chi connectivity index (χ1v) is 4.56. The Morgan fingerprint density at radius 2 is 2.31 bits per heavy atom. The van der Waals surface area contributed by atoms with E-state index in [0.717, 1.165) is 13.2 Å². The van der Waals surface area contributed by atoms with Crippen LogP contribution in [0.15, 0.2) is 6.07 Å². The number of ether oxygens (including phenoxy) is 1. The molecule has 16 heavy (non-hydrogen) atoms. The molecule has 88 valence electrons. The summed E-state index contributed by atoms with van der Waals surface area (Å²) in [5, 5.41) is 8.79. The van der Waals surface area contributed by atoms with E-state index in [1.54, 1.807) is 0 Å². The van der Waals surface area contributed by atoms with Gasteiger partial charge < -0.3 is 9.84 Å². The Hall–Kier alpha value is -1.43. The van der Waals surface area contributed by atoms with Crippen molar-refractivity contribution >= 4 is 17.6 Å². The average molecular weight is 252 g/mol. The molecule has 1 rings (SSSR count). The second-order valence-corrected chi connectivity index (χ2v) is 3.25. The maximum atomic E-state index is 12.5. The van der Waals surface area contributed by atoms with E-state index in [0.29, 0.717) is 0 Å². The van der Waals surface area contributed by atoms with Crippen molar-refractivity contribution in [2.24, 2.45) is 0 Å². The molecule has 4 nitrogen and oxygen atoms in total. The predicted octanol–water partition coefficient (Wildman–Crippen LogP) is 2.09. The Balaban J connectivity index is 3.14. The van der Waals surface area contributed by atoms with Crippen molar-refractivity contribution in [2.75, 3.05) is 7.11 Å². The molecule has 0 aliphatic carbocycles. The smallest absolute Gasteiger partial charge is 0.311 e. The van der Waals surface area contributed by atoms with Crippen LogP contribution in [0.2, 0.25) is 5.15 Å². The van der Waals surface area contributed by atoms with E-state index in [9.17, 15) is 13.6 Å². The van der Waals surface area contributed by atoms with Gasteiger partial charge in [-0.3, -0.25) is 4.79 Å². The van der Waals surface area contributed by atoms with Gasteiger partial charge in [-0.1, -0.05) is 11.6 Å². The third-order valence-electron chi connectivity index (χ3n) is 1.84. The zero-order valence-electron chi connectivity index (χ0n) is 8.21. The zero-order valence-corrected chi connectivity index (χ0v) is 8.96. The molecule has 0 aliphatic rings. The van der Waals surface area contributed by atoms with Crippen molar-refractivity contribution in [3.63, 3.8) is 0 Å². The molecule has 0 fully saturated rings. The third-order valence-corrected chi connectivity index (χ3v) is 2.12. The molecule has 0 spiro atoms. The van der Waals surface area contributed by atoms with Crippen molar-refractivity contribution in [2.45, 2.75) is 12.8 Å². The van der Waals surface area contributed by atoms with Crippen LogP contribution in [0.1, 0.15) is 17.7 Å². The van der Waals surface area contributed by atoms with E-state index in [1.165, 1.54) is 0 Å². The number of hydrogen-bond donors (Lipinski definition) is 1. The lowest BCUT2D eigenvalue weighted by molar-refractivity contribution is -0.139. The van der Waals surface area contributed by atoms with Gasteiger partial charge in [-0.2, -0.15) is 0 Å². The van der Waals surface area contributed by atoms with Gasteiger partial charge >= 0.3 is 5.97 Å². The van der Waals surface area contributed by atoms with Gasteiger partial charge in [0, 0.05) is 5.56 Å². The molecule has 0 amide bonds. The number of rotatable bonds is 3. The number of aromatic hydroxyl groups is 1. The minimum Gasteiger partial charge on any atom is -0.505 e. The number of esters is 1. The highest BCUT2D eigenvalue weighted by Gasteiger charge is 2.19. The summed E-state index contributed by atoms with van der Waals surface area (Å²) in [6.07, 6.45) is -3.27. The topological polar surface area (TPSA) is 59.4 Å². The highest BCUT2D eigenvalue weighted by atomic mass is 35.5. The summed E-state index contributed by atoms with van der Waals surface area (Å²) in [6.45, 7) is 0. The first-order valence-electron chi connectivity index (χ1n) is 4.19. The molecule has 0 saturated carbocycles. The number of pyridine rings is 1. The van der Waals surface area contributed by atoms with Gasteiger partial charge in [-0.15, -0.1) is 0 Å². The first-order chi connectivity index (χ1) is 7.45. The Bertz CT molecular complexity index is 412. The van der Waals surface area contributed by atoms with Gasteiger partial charge in [0.1, 0.15) is 0 Å². The number of nitrogens with zero attached hydrogens (tertiary/aromatic N) is 1. The lowest BCUT2D eigenvalue weighted by Gasteiger charge is -2.08. The van der Waals surface area contributed by atoms with Gasteiger partial charge in [0.05, 0.1) is 19.2 Å². The fraction of sp³-hybridized carbons (Fsp3) is 0.333. The van der Waals surface area contributed by atoms with Gasteiger partial charge in [-0.25, -0.2) is 13.8 Å². The summed E-state index contributed by atoms with van der Waals surface area (Å²) >= 11 is 5.46. The van der Waals surface area contributed by atoms with Crippen molar-refractivity contribution in [1.82, 2.24) is 4.98 Å². The van der Waals surface area contributed by atoms with Crippen LogP contribution in [0.3, 0.4) is 0 Å². The second kappa shape index (κ2) is 5.07. The predicted molar refractivity (Wildman–Crippen MR) is 51.6 cm³/mol. The standard InChI is InChI=1S/C9H8ClF2NO3/c1-16-7(15)3-5-4(9(11)12)2-6(14)8(10)13-5/h2,9,14H,3H2,1H3. The maximum absolute atomic E-state index is 12.5. The first kappa shape index (κ1) is 12.6. The zero-order chi connectivity index (χ0) is 12.3. The number of carbonyl (C=O) groups excluding carboxylic acids is 1. The molecule has 0 radical (unpaired) electrons. The Morgan fingerprint density at radius 3 is 2.81 bits per heavy atom. The minimum absolute atomic E-state index is 0.204. The van der Waals surface area contributed by atoms with E-state index < -0.39 is 30.1 Å². The van der Waals surface area contributed by atoms with Crippen LogP contribution in [0, 0.1) is 0 Å². The Labute approximate surface area is 94.8 Å². The summed E-state index contributed by atoms with van der Waals surface area (Å²) in [5.74, 6) is -1.26. The number of methoxy groups -OCH3 is 1. The van der Waals surface area contributed by atoms with Crippen LogP contribution in [0.5, 0.6) is 5.75 Å². The molecule has 1 aromatic rings. The molecule has 7 heteroatoms. The molecule has 1 aromatic heterocycles. The van der Waals surface area contributed by atoms with Crippen molar-refractivity contribution < 1.29 is 23.4 Å². The molecule has 0 atom stereocenters. The van der Waals surface area contributed by atoms with E-state index in [2.05, 4.69) is 9.72 Å². The van der Waals surface area contributed by atoms with Crippen LogP contribution in [0.4, 0.5) is 8.78 Å². The number of hydrogen-bond acceptors (Lipinski definition) is 4. The Kier molecular flexibility index (Phi) is 4.00. The maximum Gasteiger partial charge on any atom is 0.311 e. The summed E-state index contributed by atoms with van der Waals surface area (Å²) in [4.78, 5) is 14.5. The fourth-order valence-electron chi connectivity index (χ4n) is 1.07. The van der Waals surface area contributed by atoms with Crippen molar-refractivity contribution in [1.29, 1.82) is 0 Å². The second-order valence-electron chi connectivity index (χ2n) is 2.89. The summed E-state index contributed by atoms with van der Waals surface area (Å²) < 4.78 is 29.4. The summed E-state index contributed by atoms with van der Waals surface area (Å²) in [6, 6.07) is 0.790. The monoisotopic (exact) mass is 251 g/mol. The lowest BCUT2D eigenvalue weighted by atomic mass is 10.1. The van der Waals surface area contributed by atoms with Crippen molar-refractivity contribution in [3.05, 3.63) is 22.5 Å². The largest absolute Gasteiger partial charge is 0.505 e. The summed E-state index contributed by atoms with van der Waals surface area (Å²) in [5.41, 5.74) is -0.739. The van der Waals surface area contributed by atoms with Crippen molar-refractivity contribution in [3.8, 4) is 5.75 Å². The van der Waals surface area contributed by atoms with Gasteiger partial charge in [0.2, 0.25) is 0 Å². The van der Waals surface area contributed by atoms with Gasteiger partial charge in [0.25, 0.3) is 6.43 Å². The third kappa shape index (κ3) is 2.79. The molecule has 1 heterocycles. The van der Waals surface area contributed by atoms with E-state index in [1.807, 2.05) is 0 Å². The number of alkyl halides is 2. The molecular weight excluding hydrogens is 244 g/mol. The van der Waals surface area contributed by atoms with Gasteiger partial charge in [-0.05, 0) is 6.07 Å². The molecular formula is C9H8ClF2NO3. The molecule has 1 N–H and O–H groups in total. The SMILES string of the molecule is COC(=O)Cc1nc(Cl)c(O)cc1C(F)F. The van der Waals surface area contributed by atoms with Crippen LogP contribution in [-0.2, 0) is 16.0 Å². The normalized spacial score (nSPS) is 10.6. The molecule has 0 saturated heterocycles. The molecule has 0 unspecified atom stereocenters. The lowest BCUT2D eigenvalue weighted by Crippen LogP contribution is -2.09. The highest BCUT2D eigenvalue weighted by Crippen LogP contribution is 2.30. The summed E-state index contributed by atoms with van der Waals surface area (Å²) in [7, 11) is 1.13. The minimum atomic E-state index is -2.85. The number of carbonyl (C=O) groups is 1. The van der Waals surface area contributed by atoms with Crippen LogP contribution >= 0.6 is 11.6 Å². The van der Waals surface area contributed by atoms with Gasteiger partial charge in [0.15, 0.2) is 10.9 Å². The van der Waals surface area contributed by atoms with Crippen LogP contribution < -0.4 is 0 Å².